The van der Waals surface area contributed by atoms with Crippen LogP contribution in [0.3, 0.4) is 0 Å². The van der Waals surface area contributed by atoms with E-state index in [9.17, 15) is 35.2 Å². The molecule has 0 saturated carbocycles. The van der Waals surface area contributed by atoms with Crippen molar-refractivity contribution >= 4 is 21.7 Å². The molecule has 0 bridgehead atoms. The van der Waals surface area contributed by atoms with E-state index >= 15 is 0 Å². The Morgan fingerprint density at radius 2 is 1.86 bits per heavy atom. The first-order valence-electron chi connectivity index (χ1n) is 5.14. The van der Waals surface area contributed by atoms with Crippen molar-refractivity contribution in [2.45, 2.75) is 11.9 Å². The number of amides is 1. The Hall–Kier alpha value is -2.42. The number of nitrogens with one attached hydrogen (secondary N) is 1. The van der Waals surface area contributed by atoms with Gasteiger partial charge in [-0.2, -0.15) is 26.9 Å². The van der Waals surface area contributed by atoms with Crippen LogP contribution in [0.15, 0.2) is 12.1 Å². The maximum Gasteiger partial charge on any atom is 0.534 e. The molecule has 0 heterocycles. The van der Waals surface area contributed by atoms with E-state index in [2.05, 4.69) is 4.18 Å². The third kappa shape index (κ3) is 4.04. The Bertz CT molecular complexity index is 739. The number of benzene rings is 1. The Balaban J connectivity index is 3.18. The smallest absolute Gasteiger partial charge is 0.373 e. The number of halogens is 5. The van der Waals surface area contributed by atoms with Crippen LogP contribution in [0.2, 0.25) is 0 Å². The first-order chi connectivity index (χ1) is 9.98. The molecular formula is C10H5F5N2O4S. The zero-order chi connectivity index (χ0) is 17.1. The maximum absolute atomic E-state index is 13.3. The van der Waals surface area contributed by atoms with E-state index in [0.717, 1.165) is 0 Å². The fraction of sp³-hybridized carbons (Fsp3) is 0.200. The Morgan fingerprint density at radius 1 is 1.27 bits per heavy atom. The van der Waals surface area contributed by atoms with Crippen molar-refractivity contribution in [1.82, 2.24) is 0 Å². The summed E-state index contributed by atoms with van der Waals surface area (Å²) in [5, 5.41) is 9.98. The lowest BCUT2D eigenvalue weighted by atomic mass is 10.2. The molecule has 1 aromatic rings. The zero-order valence-corrected chi connectivity index (χ0v) is 11.1. The van der Waals surface area contributed by atoms with E-state index in [-0.39, 0.29) is 12.1 Å². The van der Waals surface area contributed by atoms with Crippen LogP contribution in [0.1, 0.15) is 6.42 Å². The van der Waals surface area contributed by atoms with Crippen molar-refractivity contribution in [2.24, 2.45) is 0 Å². The van der Waals surface area contributed by atoms with Gasteiger partial charge in [-0.25, -0.2) is 8.78 Å². The molecule has 0 aliphatic rings. The van der Waals surface area contributed by atoms with Crippen LogP contribution in [-0.4, -0.2) is 19.8 Å². The number of hydrogen-bond acceptors (Lipinski definition) is 5. The molecule has 6 nitrogen and oxygen atoms in total. The van der Waals surface area contributed by atoms with Crippen LogP contribution in [0.4, 0.5) is 27.6 Å². The van der Waals surface area contributed by atoms with Crippen LogP contribution in [0.25, 0.3) is 0 Å². The molecule has 0 atom stereocenters. The number of alkyl halides is 3. The summed E-state index contributed by atoms with van der Waals surface area (Å²) < 4.78 is 88.0. The molecular weight excluding hydrogens is 339 g/mol. The molecule has 1 N–H and O–H groups in total. The molecule has 1 rings (SSSR count). The summed E-state index contributed by atoms with van der Waals surface area (Å²) in [4.78, 5) is 11.1. The highest BCUT2D eigenvalue weighted by atomic mass is 32.2. The average Bonchev–Trinajstić information content (AvgIpc) is 2.33. The number of nitrogens with zero attached hydrogens (tertiary/aromatic N) is 1. The minimum absolute atomic E-state index is 0.0171. The number of nitriles is 1. The summed E-state index contributed by atoms with van der Waals surface area (Å²) in [5.41, 5.74) is -6.67. The topological polar surface area (TPSA) is 96.3 Å². The minimum Gasteiger partial charge on any atom is -0.373 e. The van der Waals surface area contributed by atoms with Gasteiger partial charge in [-0.3, -0.25) is 4.79 Å². The second kappa shape index (κ2) is 6.14. The molecule has 0 aromatic heterocycles. The average molecular weight is 344 g/mol. The molecule has 1 amide bonds. The van der Waals surface area contributed by atoms with E-state index in [1.54, 1.807) is 5.32 Å². The Morgan fingerprint density at radius 3 is 2.36 bits per heavy atom. The molecule has 0 aliphatic carbocycles. The van der Waals surface area contributed by atoms with Gasteiger partial charge >= 0.3 is 15.6 Å². The predicted molar refractivity (Wildman–Crippen MR) is 60.8 cm³/mol. The molecule has 1 aromatic carbocycles. The molecule has 120 valence electrons. The first kappa shape index (κ1) is 17.6. The monoisotopic (exact) mass is 344 g/mol. The molecule has 0 spiro atoms. The van der Waals surface area contributed by atoms with Gasteiger partial charge < -0.3 is 9.50 Å². The van der Waals surface area contributed by atoms with Gasteiger partial charge in [0.15, 0.2) is 11.6 Å². The third-order valence-electron chi connectivity index (χ3n) is 2.02. The van der Waals surface area contributed by atoms with Crippen LogP contribution in [-0.2, 0) is 14.9 Å². The minimum atomic E-state index is -6.17. The summed E-state index contributed by atoms with van der Waals surface area (Å²) in [6, 6.07) is 1.64. The van der Waals surface area contributed by atoms with Crippen molar-refractivity contribution in [3.8, 4) is 11.8 Å². The predicted octanol–water partition coefficient (Wildman–Crippen LogP) is 2.05. The van der Waals surface area contributed by atoms with Gasteiger partial charge in [-0.1, -0.05) is 0 Å². The number of rotatable bonds is 4. The number of carbonyl (C=O) groups is 1. The molecule has 22 heavy (non-hydrogen) atoms. The van der Waals surface area contributed by atoms with Crippen molar-refractivity contribution < 1.29 is 39.3 Å². The van der Waals surface area contributed by atoms with Crippen molar-refractivity contribution in [3.63, 3.8) is 0 Å². The summed E-state index contributed by atoms with van der Waals surface area (Å²) in [6.07, 6.45) is -0.714. The van der Waals surface area contributed by atoms with Crippen LogP contribution in [0, 0.1) is 23.0 Å². The lowest BCUT2D eigenvalue weighted by molar-refractivity contribution is -0.115. The van der Waals surface area contributed by atoms with E-state index in [4.69, 9.17) is 5.26 Å². The number of carbonyl (C=O) groups excluding carboxylic acids is 1. The Kier molecular flexibility index (Phi) is 4.92. The second-order valence-electron chi connectivity index (χ2n) is 3.63. The van der Waals surface area contributed by atoms with Gasteiger partial charge in [0.25, 0.3) is 0 Å². The van der Waals surface area contributed by atoms with Crippen molar-refractivity contribution in [1.29, 1.82) is 5.26 Å². The summed E-state index contributed by atoms with van der Waals surface area (Å²) in [7, 11) is -6.17. The molecule has 12 heteroatoms. The standard InChI is InChI=1S/C10H5F5N2O4S/c11-5-3-6(12)8(21-22(19,20)10(13,14)15)4-7(5)17-9(18)1-2-16/h3-4H,1H2,(H,17,18). The van der Waals surface area contributed by atoms with Gasteiger partial charge in [-0.15, -0.1) is 0 Å². The Labute approximate surface area is 120 Å². The lowest BCUT2D eigenvalue weighted by Gasteiger charge is -2.12. The quantitative estimate of drug-likeness (QED) is 0.512. The second-order valence-corrected chi connectivity index (χ2v) is 5.17. The lowest BCUT2D eigenvalue weighted by Crippen LogP contribution is -2.28. The largest absolute Gasteiger partial charge is 0.534 e. The molecule has 0 aliphatic heterocycles. The fourth-order valence-electron chi connectivity index (χ4n) is 1.12. The SMILES string of the molecule is N#CCC(=O)Nc1cc(OS(=O)(=O)C(F)(F)F)c(F)cc1F. The van der Waals surface area contributed by atoms with Gasteiger partial charge in [0.2, 0.25) is 5.91 Å². The number of hydrogen-bond donors (Lipinski definition) is 1. The molecule has 0 fully saturated rings. The summed E-state index contributed by atoms with van der Waals surface area (Å²) in [6.45, 7) is 0. The van der Waals surface area contributed by atoms with Gasteiger partial charge in [-0.05, 0) is 0 Å². The zero-order valence-electron chi connectivity index (χ0n) is 10.2. The molecule has 0 unspecified atom stereocenters. The van der Waals surface area contributed by atoms with E-state index in [1.807, 2.05) is 0 Å². The highest BCUT2D eigenvalue weighted by molar-refractivity contribution is 7.88. The first-order valence-corrected chi connectivity index (χ1v) is 6.55. The van der Waals surface area contributed by atoms with Gasteiger partial charge in [0.1, 0.15) is 12.2 Å². The van der Waals surface area contributed by atoms with Crippen molar-refractivity contribution in [3.05, 3.63) is 23.8 Å². The maximum atomic E-state index is 13.3. The van der Waals surface area contributed by atoms with Crippen LogP contribution < -0.4 is 9.50 Å². The molecule has 0 saturated heterocycles. The highest BCUT2D eigenvalue weighted by Gasteiger charge is 2.49. The van der Waals surface area contributed by atoms with Crippen LogP contribution in [0.5, 0.6) is 5.75 Å². The van der Waals surface area contributed by atoms with E-state index < -0.39 is 51.0 Å². The summed E-state index contributed by atoms with van der Waals surface area (Å²) >= 11 is 0. The third-order valence-corrected chi connectivity index (χ3v) is 2.98. The van der Waals surface area contributed by atoms with E-state index in [1.165, 1.54) is 6.07 Å². The van der Waals surface area contributed by atoms with Crippen LogP contribution >= 0.6 is 0 Å². The van der Waals surface area contributed by atoms with Gasteiger partial charge in [0.05, 0.1) is 11.8 Å². The van der Waals surface area contributed by atoms with E-state index in [0.29, 0.717) is 0 Å². The normalized spacial score (nSPS) is 11.6. The number of anilines is 1. The molecule has 0 radical (unpaired) electrons. The summed E-state index contributed by atoms with van der Waals surface area (Å²) in [5.74, 6) is -5.65. The fourth-order valence-corrected chi connectivity index (χ4v) is 1.58. The highest BCUT2D eigenvalue weighted by Crippen LogP contribution is 2.31. The van der Waals surface area contributed by atoms with Crippen molar-refractivity contribution in [2.75, 3.05) is 5.32 Å². The van der Waals surface area contributed by atoms with Gasteiger partial charge in [0, 0.05) is 12.1 Å².